The molecule has 1 aromatic heterocycles. The number of benzene rings is 1. The van der Waals surface area contributed by atoms with Gasteiger partial charge in [0.05, 0.1) is 11.6 Å². The Balaban J connectivity index is 1.92. The average Bonchev–Trinajstić information content (AvgIpc) is 2.98. The van der Waals surface area contributed by atoms with Gasteiger partial charge in [0.25, 0.3) is 0 Å². The third-order valence-corrected chi connectivity index (χ3v) is 3.66. The van der Waals surface area contributed by atoms with Gasteiger partial charge >= 0.3 is 5.97 Å². The summed E-state index contributed by atoms with van der Waals surface area (Å²) in [4.78, 5) is 19.3. The van der Waals surface area contributed by atoms with Crippen LogP contribution in [-0.2, 0) is 9.53 Å². The molecule has 1 fully saturated rings. The van der Waals surface area contributed by atoms with Gasteiger partial charge in [0, 0.05) is 25.0 Å². The summed E-state index contributed by atoms with van der Waals surface area (Å²) in [5.41, 5.74) is 0.584. The summed E-state index contributed by atoms with van der Waals surface area (Å²) in [7, 11) is 0. The Kier molecular flexibility index (Phi) is 4.40. The van der Waals surface area contributed by atoms with Crippen LogP contribution in [0.25, 0.3) is 10.9 Å². The highest BCUT2D eigenvalue weighted by atomic mass is 35.5. The lowest BCUT2D eigenvalue weighted by Crippen LogP contribution is -2.17. The Morgan fingerprint density at radius 2 is 2.27 bits per heavy atom. The fraction of sp³-hybridized carbons (Fsp3) is 0.400. The van der Waals surface area contributed by atoms with Gasteiger partial charge in [0.2, 0.25) is 0 Å². The molecule has 1 aliphatic rings. The van der Waals surface area contributed by atoms with Crippen LogP contribution >= 0.6 is 11.6 Å². The molecule has 1 aromatic carbocycles. The number of nitrogens with zero attached hydrogens (tertiary/aromatic N) is 2. The minimum atomic E-state index is -0.429. The van der Waals surface area contributed by atoms with Crippen LogP contribution in [0.15, 0.2) is 18.5 Å². The largest absolute Gasteiger partial charge is 0.487 e. The summed E-state index contributed by atoms with van der Waals surface area (Å²) >= 11 is 6.08. The Bertz CT molecular complexity index is 701. The molecule has 22 heavy (non-hydrogen) atoms. The van der Waals surface area contributed by atoms with Crippen molar-refractivity contribution in [1.29, 1.82) is 0 Å². The molecule has 0 bridgehead atoms. The summed E-state index contributed by atoms with van der Waals surface area (Å²) in [6.07, 6.45) is 3.40. The molecule has 1 saturated heterocycles. The molecule has 0 amide bonds. The first-order valence-electron chi connectivity index (χ1n) is 7.00. The molecular weight excluding hydrogens is 308 g/mol. The van der Waals surface area contributed by atoms with Crippen LogP contribution in [0.1, 0.15) is 19.8 Å². The summed E-state index contributed by atoms with van der Waals surface area (Å²) in [6.45, 7) is 2.48. The molecular formula is C15H15ClN2O4. The Labute approximate surface area is 132 Å². The van der Waals surface area contributed by atoms with Crippen molar-refractivity contribution in [2.24, 2.45) is 0 Å². The number of carbonyl (C=O) groups excluding carboxylic acids is 1. The molecule has 6 nitrogen and oxygen atoms in total. The zero-order valence-corrected chi connectivity index (χ0v) is 12.8. The van der Waals surface area contributed by atoms with Gasteiger partial charge < -0.3 is 14.2 Å². The van der Waals surface area contributed by atoms with Crippen LogP contribution in [0.4, 0.5) is 0 Å². The van der Waals surface area contributed by atoms with E-state index in [9.17, 15) is 4.79 Å². The normalized spacial score (nSPS) is 17.6. The van der Waals surface area contributed by atoms with E-state index in [0.717, 1.165) is 19.4 Å². The highest BCUT2D eigenvalue weighted by Gasteiger charge is 2.18. The number of aromatic nitrogens is 2. The lowest BCUT2D eigenvalue weighted by Gasteiger charge is -2.15. The predicted octanol–water partition coefficient (Wildman–Crippen LogP) is 2.77. The fourth-order valence-electron chi connectivity index (χ4n) is 2.34. The first-order chi connectivity index (χ1) is 10.6. The quantitative estimate of drug-likeness (QED) is 0.490. The number of esters is 1. The van der Waals surface area contributed by atoms with Crippen LogP contribution in [0, 0.1) is 0 Å². The molecule has 0 unspecified atom stereocenters. The van der Waals surface area contributed by atoms with E-state index in [0.29, 0.717) is 34.2 Å². The third kappa shape index (κ3) is 3.28. The fourth-order valence-corrected chi connectivity index (χ4v) is 2.53. The molecule has 2 aromatic rings. The molecule has 0 N–H and O–H groups in total. The van der Waals surface area contributed by atoms with E-state index in [-0.39, 0.29) is 6.10 Å². The highest BCUT2D eigenvalue weighted by Crippen LogP contribution is 2.34. The van der Waals surface area contributed by atoms with Crippen molar-refractivity contribution < 1.29 is 19.0 Å². The summed E-state index contributed by atoms with van der Waals surface area (Å²) in [5, 5.41) is 0.962. The number of rotatable bonds is 4. The van der Waals surface area contributed by atoms with Crippen molar-refractivity contribution >= 4 is 28.5 Å². The molecule has 1 aliphatic heterocycles. The lowest BCUT2D eigenvalue weighted by atomic mass is 10.2. The van der Waals surface area contributed by atoms with Crippen molar-refractivity contribution in [3.63, 3.8) is 0 Å². The second-order valence-corrected chi connectivity index (χ2v) is 5.38. The van der Waals surface area contributed by atoms with Crippen LogP contribution in [0.5, 0.6) is 11.5 Å². The Hall–Kier alpha value is -1.92. The van der Waals surface area contributed by atoms with Crippen molar-refractivity contribution in [2.75, 3.05) is 13.2 Å². The van der Waals surface area contributed by atoms with Crippen molar-refractivity contribution in [2.45, 2.75) is 25.9 Å². The number of halogens is 1. The maximum Gasteiger partial charge on any atom is 0.308 e. The average molecular weight is 323 g/mol. The van der Waals surface area contributed by atoms with Crippen molar-refractivity contribution in [3.05, 3.63) is 23.6 Å². The van der Waals surface area contributed by atoms with Gasteiger partial charge in [0.15, 0.2) is 11.5 Å². The van der Waals surface area contributed by atoms with E-state index >= 15 is 0 Å². The van der Waals surface area contributed by atoms with E-state index in [2.05, 4.69) is 9.97 Å². The maximum atomic E-state index is 11.3. The van der Waals surface area contributed by atoms with Crippen LogP contribution in [0.3, 0.4) is 0 Å². The zero-order chi connectivity index (χ0) is 15.5. The first-order valence-corrected chi connectivity index (χ1v) is 7.38. The monoisotopic (exact) mass is 322 g/mol. The van der Waals surface area contributed by atoms with Crippen molar-refractivity contribution in [1.82, 2.24) is 9.97 Å². The molecule has 116 valence electrons. The summed E-state index contributed by atoms with van der Waals surface area (Å²) < 4.78 is 16.5. The minimum Gasteiger partial charge on any atom is -0.487 e. The molecule has 1 atom stereocenters. The van der Waals surface area contributed by atoms with Gasteiger partial charge in [0.1, 0.15) is 18.1 Å². The van der Waals surface area contributed by atoms with E-state index in [1.165, 1.54) is 13.3 Å². The topological polar surface area (TPSA) is 70.5 Å². The molecule has 2 heterocycles. The lowest BCUT2D eigenvalue weighted by molar-refractivity contribution is -0.132. The third-order valence-electron chi connectivity index (χ3n) is 3.35. The molecule has 0 saturated carbocycles. The molecule has 3 rings (SSSR count). The van der Waals surface area contributed by atoms with E-state index in [4.69, 9.17) is 25.8 Å². The van der Waals surface area contributed by atoms with Crippen LogP contribution < -0.4 is 9.47 Å². The van der Waals surface area contributed by atoms with Crippen molar-refractivity contribution in [3.8, 4) is 11.5 Å². The molecule has 0 radical (unpaired) electrons. The minimum absolute atomic E-state index is 0.0587. The van der Waals surface area contributed by atoms with Gasteiger partial charge in [-0.05, 0) is 18.9 Å². The molecule has 7 heteroatoms. The first kappa shape index (κ1) is 15.0. The summed E-state index contributed by atoms with van der Waals surface area (Å²) in [6, 6.07) is 3.31. The van der Waals surface area contributed by atoms with E-state index < -0.39 is 5.97 Å². The molecule has 0 aliphatic carbocycles. The van der Waals surface area contributed by atoms with E-state index in [1.807, 2.05) is 0 Å². The summed E-state index contributed by atoms with van der Waals surface area (Å²) in [5.74, 6) is 0.309. The number of hydrogen-bond donors (Lipinski definition) is 0. The smallest absolute Gasteiger partial charge is 0.308 e. The zero-order valence-electron chi connectivity index (χ0n) is 12.0. The van der Waals surface area contributed by atoms with E-state index in [1.54, 1.807) is 12.1 Å². The SMILES string of the molecule is CC(=O)Oc1cc2ncnc(Cl)c2cc1OC[C@@H]1CCCO1. The van der Waals surface area contributed by atoms with Gasteiger partial charge in [-0.2, -0.15) is 0 Å². The number of fused-ring (bicyclic) bond motifs is 1. The van der Waals surface area contributed by atoms with Gasteiger partial charge in [-0.3, -0.25) is 4.79 Å². The van der Waals surface area contributed by atoms with Crippen LogP contribution in [0.2, 0.25) is 5.15 Å². The van der Waals surface area contributed by atoms with Crippen LogP contribution in [-0.4, -0.2) is 35.3 Å². The highest BCUT2D eigenvalue weighted by molar-refractivity contribution is 6.34. The molecule has 0 spiro atoms. The number of carbonyl (C=O) groups is 1. The number of ether oxygens (including phenoxy) is 3. The van der Waals surface area contributed by atoms with Gasteiger partial charge in [-0.15, -0.1) is 0 Å². The van der Waals surface area contributed by atoms with Gasteiger partial charge in [-0.25, -0.2) is 9.97 Å². The Morgan fingerprint density at radius 3 is 3.00 bits per heavy atom. The second kappa shape index (κ2) is 6.46. The predicted molar refractivity (Wildman–Crippen MR) is 80.3 cm³/mol. The maximum absolute atomic E-state index is 11.3. The standard InChI is InChI=1S/C15H15ClN2O4/c1-9(19)22-14-6-12-11(15(16)18-8-17-12)5-13(14)21-7-10-3-2-4-20-10/h5-6,8,10H,2-4,7H2,1H3/t10-/m0/s1. The second-order valence-electron chi connectivity index (χ2n) is 5.02. The number of hydrogen-bond acceptors (Lipinski definition) is 6. The van der Waals surface area contributed by atoms with Gasteiger partial charge in [-0.1, -0.05) is 11.6 Å². The Morgan fingerprint density at radius 1 is 1.41 bits per heavy atom.